The first-order valence-corrected chi connectivity index (χ1v) is 9.38. The summed E-state index contributed by atoms with van der Waals surface area (Å²) in [5, 5.41) is 11.3. The van der Waals surface area contributed by atoms with Crippen LogP contribution in [0.3, 0.4) is 0 Å². The van der Waals surface area contributed by atoms with Crippen molar-refractivity contribution in [3.05, 3.63) is 64.3 Å². The first kappa shape index (κ1) is 19.7. The van der Waals surface area contributed by atoms with Crippen LogP contribution in [-0.4, -0.2) is 20.8 Å². The van der Waals surface area contributed by atoms with Gasteiger partial charge in [-0.2, -0.15) is 5.10 Å². The summed E-state index contributed by atoms with van der Waals surface area (Å²) in [6, 6.07) is 7.63. The van der Waals surface area contributed by atoms with Crippen LogP contribution in [0.4, 0.5) is 0 Å². The SMILES string of the molecule is CCn1ccc(C(C)NC(=O)c2noc(C)c2COc2ccc(C)cc2C)n1. The number of nitrogens with one attached hydrogen (secondary N) is 1. The van der Waals surface area contributed by atoms with Gasteiger partial charge in [-0.1, -0.05) is 22.9 Å². The Labute approximate surface area is 164 Å². The van der Waals surface area contributed by atoms with Crippen molar-refractivity contribution < 1.29 is 14.1 Å². The number of hydrogen-bond donors (Lipinski definition) is 1. The molecule has 0 saturated heterocycles. The third-order valence-electron chi connectivity index (χ3n) is 4.68. The lowest BCUT2D eigenvalue weighted by molar-refractivity contribution is 0.0927. The van der Waals surface area contributed by atoms with Crippen molar-refractivity contribution >= 4 is 5.91 Å². The lowest BCUT2D eigenvalue weighted by atomic mass is 10.1. The van der Waals surface area contributed by atoms with E-state index in [0.29, 0.717) is 11.3 Å². The Bertz CT molecular complexity index is 974. The number of hydrogen-bond acceptors (Lipinski definition) is 5. The van der Waals surface area contributed by atoms with Gasteiger partial charge in [-0.05, 0) is 52.3 Å². The van der Waals surface area contributed by atoms with Crippen molar-refractivity contribution in [2.24, 2.45) is 0 Å². The molecule has 2 heterocycles. The van der Waals surface area contributed by atoms with Gasteiger partial charge in [0, 0.05) is 12.7 Å². The van der Waals surface area contributed by atoms with E-state index in [4.69, 9.17) is 9.26 Å². The van der Waals surface area contributed by atoms with Crippen LogP contribution in [0.2, 0.25) is 0 Å². The Morgan fingerprint density at radius 2 is 2.07 bits per heavy atom. The van der Waals surface area contributed by atoms with E-state index in [-0.39, 0.29) is 24.2 Å². The molecule has 0 radical (unpaired) electrons. The highest BCUT2D eigenvalue weighted by Crippen LogP contribution is 2.22. The molecule has 3 aromatic rings. The standard InChI is InChI=1S/C21H26N4O3/c1-6-25-10-9-18(23-25)15(4)22-21(26)20-17(16(5)28-24-20)12-27-19-8-7-13(2)11-14(19)3/h7-11,15H,6,12H2,1-5H3,(H,22,26). The van der Waals surface area contributed by atoms with E-state index in [1.807, 2.05) is 56.8 Å². The molecular weight excluding hydrogens is 356 g/mol. The van der Waals surface area contributed by atoms with Crippen LogP contribution >= 0.6 is 0 Å². The number of aromatic nitrogens is 3. The Balaban J connectivity index is 1.71. The van der Waals surface area contributed by atoms with Gasteiger partial charge >= 0.3 is 0 Å². The first-order valence-electron chi connectivity index (χ1n) is 9.38. The van der Waals surface area contributed by atoms with E-state index in [0.717, 1.165) is 23.6 Å². The molecule has 7 nitrogen and oxygen atoms in total. The van der Waals surface area contributed by atoms with Gasteiger partial charge in [0.15, 0.2) is 5.69 Å². The highest BCUT2D eigenvalue weighted by molar-refractivity contribution is 5.94. The molecule has 7 heteroatoms. The number of carbonyl (C=O) groups excluding carboxylic acids is 1. The Morgan fingerprint density at radius 3 is 2.75 bits per heavy atom. The molecule has 0 bridgehead atoms. The quantitative estimate of drug-likeness (QED) is 0.670. The second-order valence-corrected chi connectivity index (χ2v) is 6.91. The summed E-state index contributed by atoms with van der Waals surface area (Å²) in [5.41, 5.74) is 3.89. The summed E-state index contributed by atoms with van der Waals surface area (Å²) in [5.74, 6) is 1.03. The minimum Gasteiger partial charge on any atom is -0.488 e. The fourth-order valence-corrected chi connectivity index (χ4v) is 2.97. The Hall–Kier alpha value is -3.09. The van der Waals surface area contributed by atoms with E-state index in [9.17, 15) is 4.79 Å². The molecule has 0 aliphatic carbocycles. The summed E-state index contributed by atoms with van der Waals surface area (Å²) >= 11 is 0. The molecule has 1 N–H and O–H groups in total. The molecule has 3 rings (SSSR count). The number of benzene rings is 1. The summed E-state index contributed by atoms with van der Waals surface area (Å²) in [4.78, 5) is 12.7. The number of carbonyl (C=O) groups is 1. The molecule has 1 atom stereocenters. The first-order chi connectivity index (χ1) is 13.4. The Morgan fingerprint density at radius 1 is 1.29 bits per heavy atom. The van der Waals surface area contributed by atoms with Gasteiger partial charge < -0.3 is 14.6 Å². The fraction of sp³-hybridized carbons (Fsp3) is 0.381. The van der Waals surface area contributed by atoms with Crippen LogP contribution in [0.1, 0.15) is 58.5 Å². The third kappa shape index (κ3) is 4.24. The lowest BCUT2D eigenvalue weighted by Crippen LogP contribution is -2.28. The molecule has 0 aliphatic rings. The molecule has 0 aliphatic heterocycles. The second-order valence-electron chi connectivity index (χ2n) is 6.91. The zero-order valence-electron chi connectivity index (χ0n) is 16.9. The normalized spacial score (nSPS) is 12.0. The van der Waals surface area contributed by atoms with Crippen molar-refractivity contribution in [1.82, 2.24) is 20.3 Å². The van der Waals surface area contributed by atoms with Crippen LogP contribution in [0.5, 0.6) is 5.75 Å². The van der Waals surface area contributed by atoms with Crippen LogP contribution < -0.4 is 10.1 Å². The van der Waals surface area contributed by atoms with Crippen LogP contribution in [0.15, 0.2) is 35.0 Å². The smallest absolute Gasteiger partial charge is 0.274 e. The molecule has 1 aromatic carbocycles. The van der Waals surface area contributed by atoms with Crippen LogP contribution in [0, 0.1) is 20.8 Å². The minimum absolute atomic E-state index is 0.209. The summed E-state index contributed by atoms with van der Waals surface area (Å²) in [6.07, 6.45) is 1.89. The molecule has 28 heavy (non-hydrogen) atoms. The lowest BCUT2D eigenvalue weighted by Gasteiger charge is -2.12. The zero-order valence-corrected chi connectivity index (χ0v) is 16.9. The average molecular weight is 382 g/mol. The van der Waals surface area contributed by atoms with Gasteiger partial charge in [0.05, 0.1) is 17.3 Å². The van der Waals surface area contributed by atoms with Crippen molar-refractivity contribution in [3.63, 3.8) is 0 Å². The van der Waals surface area contributed by atoms with Crippen LogP contribution in [-0.2, 0) is 13.2 Å². The second kappa shape index (κ2) is 8.29. The van der Waals surface area contributed by atoms with E-state index >= 15 is 0 Å². The van der Waals surface area contributed by atoms with Crippen molar-refractivity contribution in [3.8, 4) is 5.75 Å². The van der Waals surface area contributed by atoms with Gasteiger partial charge in [0.25, 0.3) is 5.91 Å². The number of ether oxygens (including phenoxy) is 1. The van der Waals surface area contributed by atoms with E-state index < -0.39 is 0 Å². The number of nitrogens with zero attached hydrogens (tertiary/aromatic N) is 3. The van der Waals surface area contributed by atoms with Crippen LogP contribution in [0.25, 0.3) is 0 Å². The van der Waals surface area contributed by atoms with Crippen molar-refractivity contribution in [1.29, 1.82) is 0 Å². The summed E-state index contributed by atoms with van der Waals surface area (Å²) < 4.78 is 13.0. The highest BCUT2D eigenvalue weighted by atomic mass is 16.5. The molecule has 0 fully saturated rings. The van der Waals surface area contributed by atoms with Crippen molar-refractivity contribution in [2.45, 2.75) is 53.8 Å². The predicted octanol–water partition coefficient (Wildman–Crippen LogP) is 3.89. The molecule has 0 saturated carbocycles. The molecule has 0 spiro atoms. The van der Waals surface area contributed by atoms with Gasteiger partial charge in [0.1, 0.15) is 18.1 Å². The summed E-state index contributed by atoms with van der Waals surface area (Å²) in [6.45, 7) is 10.7. The highest BCUT2D eigenvalue weighted by Gasteiger charge is 2.23. The minimum atomic E-state index is -0.311. The Kier molecular flexibility index (Phi) is 5.82. The number of amides is 1. The van der Waals surface area contributed by atoms with Gasteiger partial charge in [0.2, 0.25) is 0 Å². The van der Waals surface area contributed by atoms with E-state index in [2.05, 4.69) is 21.6 Å². The van der Waals surface area contributed by atoms with E-state index in [1.165, 1.54) is 5.56 Å². The van der Waals surface area contributed by atoms with Gasteiger partial charge in [-0.25, -0.2) is 0 Å². The molecular formula is C21H26N4O3. The van der Waals surface area contributed by atoms with E-state index in [1.54, 1.807) is 6.92 Å². The predicted molar refractivity (Wildman–Crippen MR) is 105 cm³/mol. The molecule has 148 valence electrons. The average Bonchev–Trinajstić information content (AvgIpc) is 3.28. The monoisotopic (exact) mass is 382 g/mol. The topological polar surface area (TPSA) is 82.2 Å². The number of rotatable bonds is 7. The molecule has 2 aromatic heterocycles. The number of aryl methyl sites for hydroxylation is 4. The maximum absolute atomic E-state index is 12.7. The maximum atomic E-state index is 12.7. The van der Waals surface area contributed by atoms with Gasteiger partial charge in [-0.3, -0.25) is 9.48 Å². The van der Waals surface area contributed by atoms with Crippen molar-refractivity contribution in [2.75, 3.05) is 0 Å². The maximum Gasteiger partial charge on any atom is 0.274 e. The van der Waals surface area contributed by atoms with Gasteiger partial charge in [-0.15, -0.1) is 0 Å². The fourth-order valence-electron chi connectivity index (χ4n) is 2.97. The third-order valence-corrected chi connectivity index (χ3v) is 4.68. The molecule has 1 amide bonds. The zero-order chi connectivity index (χ0) is 20.3. The summed E-state index contributed by atoms with van der Waals surface area (Å²) in [7, 11) is 0. The molecule has 1 unspecified atom stereocenters. The largest absolute Gasteiger partial charge is 0.488 e.